The van der Waals surface area contributed by atoms with Gasteiger partial charge in [-0.3, -0.25) is 9.59 Å². The molecule has 0 aliphatic carbocycles. The molecule has 0 spiro atoms. The van der Waals surface area contributed by atoms with E-state index in [1.165, 1.54) is 0 Å². The Morgan fingerprint density at radius 3 is 2.27 bits per heavy atom. The molecular weight excluding hydrogens is 272 g/mol. The number of carbonyl (C=O) groups is 2. The molecule has 0 aromatic heterocycles. The second-order valence-electron chi connectivity index (χ2n) is 3.15. The quantitative estimate of drug-likeness (QED) is 0.699. The Bertz CT molecular complexity index is 236. The van der Waals surface area contributed by atoms with Crippen molar-refractivity contribution in [1.29, 1.82) is 0 Å². The van der Waals surface area contributed by atoms with E-state index >= 15 is 0 Å². The van der Waals surface area contributed by atoms with Crippen molar-refractivity contribution >= 4 is 27.6 Å². The van der Waals surface area contributed by atoms with Gasteiger partial charge in [0.25, 0.3) is 5.91 Å². The van der Waals surface area contributed by atoms with E-state index in [1.54, 1.807) is 13.8 Å². The standard InChI is InChI=1S/C9H14BrF2NO2/c1-3-13(9(15)8(11)12)6(2)4-7(14)5-10/h6,8H,3-5H2,1-2H3. The lowest BCUT2D eigenvalue weighted by Crippen LogP contribution is -2.42. The van der Waals surface area contributed by atoms with Crippen LogP contribution in [0, 0.1) is 0 Å². The van der Waals surface area contributed by atoms with Crippen LogP contribution in [0.4, 0.5) is 8.78 Å². The van der Waals surface area contributed by atoms with Crippen molar-refractivity contribution in [3.05, 3.63) is 0 Å². The Balaban J connectivity index is 4.40. The molecule has 0 aromatic carbocycles. The van der Waals surface area contributed by atoms with Crippen LogP contribution in [-0.4, -0.2) is 40.9 Å². The molecule has 0 bridgehead atoms. The van der Waals surface area contributed by atoms with Gasteiger partial charge in [0.1, 0.15) is 5.78 Å². The van der Waals surface area contributed by atoms with E-state index in [1.807, 2.05) is 0 Å². The molecule has 0 fully saturated rings. The van der Waals surface area contributed by atoms with Gasteiger partial charge in [-0.05, 0) is 13.8 Å². The number of amides is 1. The number of ketones is 1. The van der Waals surface area contributed by atoms with Crippen LogP contribution in [-0.2, 0) is 9.59 Å². The van der Waals surface area contributed by atoms with Crippen LogP contribution in [0.3, 0.4) is 0 Å². The van der Waals surface area contributed by atoms with Crippen molar-refractivity contribution in [1.82, 2.24) is 4.90 Å². The minimum absolute atomic E-state index is 0.0948. The van der Waals surface area contributed by atoms with Crippen LogP contribution in [0.25, 0.3) is 0 Å². The zero-order valence-corrected chi connectivity index (χ0v) is 10.3. The number of hydrogen-bond acceptors (Lipinski definition) is 2. The average molecular weight is 286 g/mol. The van der Waals surface area contributed by atoms with Gasteiger partial charge in [0, 0.05) is 19.0 Å². The number of carbonyl (C=O) groups excluding carboxylic acids is 2. The van der Waals surface area contributed by atoms with Gasteiger partial charge < -0.3 is 4.90 Å². The second kappa shape index (κ2) is 6.87. The van der Waals surface area contributed by atoms with Gasteiger partial charge in [0.2, 0.25) is 0 Å². The Hall–Kier alpha value is -0.520. The SMILES string of the molecule is CCN(C(=O)C(F)F)C(C)CC(=O)CBr. The zero-order chi connectivity index (χ0) is 12.0. The van der Waals surface area contributed by atoms with Crippen LogP contribution in [0.1, 0.15) is 20.3 Å². The van der Waals surface area contributed by atoms with Gasteiger partial charge in [-0.15, -0.1) is 0 Å². The minimum Gasteiger partial charge on any atom is -0.335 e. The summed E-state index contributed by atoms with van der Waals surface area (Å²) in [6.45, 7) is 3.37. The van der Waals surface area contributed by atoms with Crippen molar-refractivity contribution in [3.8, 4) is 0 Å². The molecule has 0 N–H and O–H groups in total. The highest BCUT2D eigenvalue weighted by atomic mass is 79.9. The van der Waals surface area contributed by atoms with Crippen LogP contribution >= 0.6 is 15.9 Å². The lowest BCUT2D eigenvalue weighted by atomic mass is 10.1. The first-order valence-corrected chi connectivity index (χ1v) is 5.72. The Morgan fingerprint density at radius 1 is 1.40 bits per heavy atom. The van der Waals surface area contributed by atoms with Crippen LogP contribution in [0.15, 0.2) is 0 Å². The number of alkyl halides is 3. The monoisotopic (exact) mass is 285 g/mol. The zero-order valence-electron chi connectivity index (χ0n) is 8.67. The third-order valence-corrected chi connectivity index (χ3v) is 2.64. The highest BCUT2D eigenvalue weighted by molar-refractivity contribution is 9.09. The summed E-state index contributed by atoms with van der Waals surface area (Å²) in [5.41, 5.74) is 0. The van der Waals surface area contributed by atoms with E-state index < -0.39 is 18.4 Å². The number of nitrogens with zero attached hydrogens (tertiary/aromatic N) is 1. The summed E-state index contributed by atoms with van der Waals surface area (Å²) in [5.74, 6) is -1.32. The summed E-state index contributed by atoms with van der Waals surface area (Å²) in [4.78, 5) is 23.1. The maximum atomic E-state index is 12.2. The molecule has 6 heteroatoms. The summed E-state index contributed by atoms with van der Waals surface area (Å²) in [7, 11) is 0. The first-order chi connectivity index (χ1) is 6.93. The fourth-order valence-electron chi connectivity index (χ4n) is 1.30. The van der Waals surface area contributed by atoms with Gasteiger partial charge in [0.05, 0.1) is 5.33 Å². The Kier molecular flexibility index (Phi) is 6.63. The molecular formula is C9H14BrF2NO2. The molecule has 1 amide bonds. The van der Waals surface area contributed by atoms with Crippen LogP contribution in [0.5, 0.6) is 0 Å². The van der Waals surface area contributed by atoms with E-state index in [9.17, 15) is 18.4 Å². The largest absolute Gasteiger partial charge is 0.335 e. The van der Waals surface area contributed by atoms with E-state index in [0.717, 1.165) is 4.90 Å². The van der Waals surface area contributed by atoms with Gasteiger partial charge in [-0.25, -0.2) is 0 Å². The molecule has 15 heavy (non-hydrogen) atoms. The smallest absolute Gasteiger partial charge is 0.315 e. The van der Waals surface area contributed by atoms with E-state index in [-0.39, 0.29) is 24.1 Å². The number of Topliss-reactive ketones (excluding diaryl/α,β-unsaturated/α-hetero) is 1. The average Bonchev–Trinajstić information content (AvgIpc) is 2.18. The lowest BCUT2D eigenvalue weighted by molar-refractivity contribution is -0.145. The molecule has 0 aliphatic rings. The predicted molar refractivity (Wildman–Crippen MR) is 56.3 cm³/mol. The van der Waals surface area contributed by atoms with Crippen molar-refractivity contribution in [2.75, 3.05) is 11.9 Å². The maximum absolute atomic E-state index is 12.2. The third kappa shape index (κ3) is 4.68. The summed E-state index contributed by atoms with van der Waals surface area (Å²) >= 11 is 2.98. The maximum Gasteiger partial charge on any atom is 0.315 e. The van der Waals surface area contributed by atoms with Crippen molar-refractivity contribution in [2.45, 2.75) is 32.7 Å². The first kappa shape index (κ1) is 14.5. The molecule has 0 radical (unpaired) electrons. The second-order valence-corrected chi connectivity index (χ2v) is 3.71. The number of hydrogen-bond donors (Lipinski definition) is 0. The highest BCUT2D eigenvalue weighted by Crippen LogP contribution is 2.09. The molecule has 0 aliphatic heterocycles. The molecule has 88 valence electrons. The third-order valence-electron chi connectivity index (χ3n) is 2.01. The lowest BCUT2D eigenvalue weighted by Gasteiger charge is -2.27. The van der Waals surface area contributed by atoms with Gasteiger partial charge in [-0.2, -0.15) is 8.78 Å². The topological polar surface area (TPSA) is 37.4 Å². The molecule has 3 nitrogen and oxygen atoms in total. The van der Waals surface area contributed by atoms with Gasteiger partial charge >= 0.3 is 6.43 Å². The Morgan fingerprint density at radius 2 is 1.93 bits per heavy atom. The van der Waals surface area contributed by atoms with E-state index in [4.69, 9.17) is 0 Å². The van der Waals surface area contributed by atoms with Crippen LogP contribution < -0.4 is 0 Å². The number of rotatable bonds is 6. The molecule has 1 unspecified atom stereocenters. The molecule has 0 rings (SSSR count). The summed E-state index contributed by atoms with van der Waals surface area (Å²) < 4.78 is 24.3. The fourth-order valence-corrected chi connectivity index (χ4v) is 1.53. The predicted octanol–water partition coefficient (Wildman–Crippen LogP) is 1.84. The summed E-state index contributed by atoms with van der Waals surface area (Å²) in [6, 6.07) is -0.485. The first-order valence-electron chi connectivity index (χ1n) is 4.60. The van der Waals surface area contributed by atoms with E-state index in [0.29, 0.717) is 0 Å². The minimum atomic E-state index is -3.01. The number of halogens is 3. The van der Waals surface area contributed by atoms with Gasteiger partial charge in [-0.1, -0.05) is 15.9 Å². The van der Waals surface area contributed by atoms with Crippen molar-refractivity contribution in [2.24, 2.45) is 0 Å². The van der Waals surface area contributed by atoms with Crippen molar-refractivity contribution in [3.63, 3.8) is 0 Å². The molecule has 0 heterocycles. The molecule has 0 aromatic rings. The Labute approximate surface area is 95.9 Å². The summed E-state index contributed by atoms with van der Waals surface area (Å²) in [5, 5.41) is 0.178. The molecule has 1 atom stereocenters. The van der Waals surface area contributed by atoms with Crippen molar-refractivity contribution < 1.29 is 18.4 Å². The van der Waals surface area contributed by atoms with E-state index in [2.05, 4.69) is 15.9 Å². The highest BCUT2D eigenvalue weighted by Gasteiger charge is 2.26. The molecule has 0 saturated heterocycles. The summed E-state index contributed by atoms with van der Waals surface area (Å²) in [6.07, 6.45) is -2.91. The fraction of sp³-hybridized carbons (Fsp3) is 0.778. The van der Waals surface area contributed by atoms with Crippen LogP contribution in [0.2, 0.25) is 0 Å². The molecule has 0 saturated carbocycles. The normalized spacial score (nSPS) is 12.7. The van der Waals surface area contributed by atoms with Gasteiger partial charge in [0.15, 0.2) is 0 Å².